The number of furan rings is 1. The van der Waals surface area contributed by atoms with Gasteiger partial charge in [-0.3, -0.25) is 4.79 Å². The quantitative estimate of drug-likeness (QED) is 0.380. The van der Waals surface area contributed by atoms with Crippen LogP contribution in [0, 0.1) is 0 Å². The second-order valence-electron chi connectivity index (χ2n) is 8.15. The highest BCUT2D eigenvalue weighted by Gasteiger charge is 2.30. The summed E-state index contributed by atoms with van der Waals surface area (Å²) in [4.78, 5) is 17.6. The van der Waals surface area contributed by atoms with Crippen molar-refractivity contribution in [1.82, 2.24) is 20.1 Å². The summed E-state index contributed by atoms with van der Waals surface area (Å²) in [5, 5.41) is 17.8. The van der Waals surface area contributed by atoms with Gasteiger partial charge in [-0.25, -0.2) is 9.67 Å². The number of ether oxygens (including phenoxy) is 1. The van der Waals surface area contributed by atoms with E-state index >= 15 is 0 Å². The van der Waals surface area contributed by atoms with E-state index in [9.17, 15) is 23.1 Å². The highest BCUT2D eigenvalue weighted by atomic mass is 19.4. The molecule has 8 nitrogen and oxygen atoms in total. The van der Waals surface area contributed by atoms with Crippen molar-refractivity contribution >= 4 is 16.9 Å². The zero-order chi connectivity index (χ0) is 25.2. The van der Waals surface area contributed by atoms with Gasteiger partial charge in [-0.2, -0.15) is 18.3 Å². The van der Waals surface area contributed by atoms with Crippen LogP contribution in [0.4, 0.5) is 13.2 Å². The minimum atomic E-state index is -4.44. The number of halogens is 3. The molecule has 1 aromatic carbocycles. The summed E-state index contributed by atoms with van der Waals surface area (Å²) in [6.45, 7) is 3.53. The predicted octanol–water partition coefficient (Wildman–Crippen LogP) is 4.46. The summed E-state index contributed by atoms with van der Waals surface area (Å²) in [7, 11) is 0. The van der Waals surface area contributed by atoms with Gasteiger partial charge in [0, 0.05) is 12.6 Å². The molecule has 0 spiro atoms. The molecule has 1 amide bonds. The number of hydrogen-bond donors (Lipinski definition) is 2. The SMILES string of the molecule is CC(C)n1ncc2c(C(=O)NCC(O)COc3ccc(C(F)(F)F)cc3)cc(-c3ccco3)nc21. The third-order valence-electron chi connectivity index (χ3n) is 5.20. The predicted molar refractivity (Wildman–Crippen MR) is 121 cm³/mol. The standard InChI is InChI=1S/C24H23F3N4O4/c1-14(2)31-22-19(12-29-31)18(10-20(30-22)21-4-3-9-34-21)23(33)28-11-16(32)13-35-17-7-5-15(6-8-17)24(25,26)27/h3-10,12,14,16,32H,11,13H2,1-2H3,(H,28,33). The lowest BCUT2D eigenvalue weighted by molar-refractivity contribution is -0.137. The Bertz CT molecular complexity index is 1300. The second kappa shape index (κ2) is 9.79. The first-order valence-corrected chi connectivity index (χ1v) is 10.8. The lowest BCUT2D eigenvalue weighted by Gasteiger charge is -2.14. The number of aliphatic hydroxyl groups is 1. The van der Waals surface area contributed by atoms with Crippen LogP contribution in [0.2, 0.25) is 0 Å². The number of pyridine rings is 1. The molecule has 184 valence electrons. The number of alkyl halides is 3. The molecule has 0 bridgehead atoms. The van der Waals surface area contributed by atoms with Crippen molar-refractivity contribution in [3.8, 4) is 17.2 Å². The number of fused-ring (bicyclic) bond motifs is 1. The van der Waals surface area contributed by atoms with Crippen LogP contribution in [0.1, 0.15) is 35.8 Å². The maximum atomic E-state index is 13.0. The van der Waals surface area contributed by atoms with E-state index < -0.39 is 23.8 Å². The van der Waals surface area contributed by atoms with Gasteiger partial charge in [0.2, 0.25) is 0 Å². The fourth-order valence-electron chi connectivity index (χ4n) is 3.43. The van der Waals surface area contributed by atoms with Gasteiger partial charge in [0.25, 0.3) is 5.91 Å². The number of nitrogens with zero attached hydrogens (tertiary/aromatic N) is 3. The minimum Gasteiger partial charge on any atom is -0.491 e. The minimum absolute atomic E-state index is 0.00642. The number of nitrogens with one attached hydrogen (secondary N) is 1. The highest BCUT2D eigenvalue weighted by molar-refractivity contribution is 6.06. The summed E-state index contributed by atoms with van der Waals surface area (Å²) >= 11 is 0. The number of rotatable bonds is 8. The van der Waals surface area contributed by atoms with E-state index in [1.165, 1.54) is 18.4 Å². The van der Waals surface area contributed by atoms with E-state index in [0.29, 0.717) is 28.1 Å². The molecule has 0 saturated heterocycles. The fraction of sp³-hybridized carbons (Fsp3) is 0.292. The normalized spacial score (nSPS) is 12.8. The zero-order valence-electron chi connectivity index (χ0n) is 18.9. The van der Waals surface area contributed by atoms with Crippen LogP contribution in [-0.4, -0.2) is 45.0 Å². The van der Waals surface area contributed by atoms with Crippen LogP contribution in [0.15, 0.2) is 59.3 Å². The van der Waals surface area contributed by atoms with Gasteiger partial charge in [0.15, 0.2) is 11.4 Å². The maximum absolute atomic E-state index is 13.0. The Morgan fingerprint density at radius 1 is 1.23 bits per heavy atom. The topological polar surface area (TPSA) is 102 Å². The van der Waals surface area contributed by atoms with Gasteiger partial charge in [-0.05, 0) is 56.3 Å². The Balaban J connectivity index is 1.44. The summed E-state index contributed by atoms with van der Waals surface area (Å²) in [5.74, 6) is 0.202. The lowest BCUT2D eigenvalue weighted by atomic mass is 10.1. The van der Waals surface area contributed by atoms with E-state index in [0.717, 1.165) is 12.1 Å². The summed E-state index contributed by atoms with van der Waals surface area (Å²) < 4.78 is 50.4. The third kappa shape index (κ3) is 5.46. The molecule has 4 rings (SSSR count). The molecule has 35 heavy (non-hydrogen) atoms. The fourth-order valence-corrected chi connectivity index (χ4v) is 3.43. The van der Waals surface area contributed by atoms with Gasteiger partial charge in [0.1, 0.15) is 24.2 Å². The first kappa shape index (κ1) is 24.3. The molecular formula is C24H23F3N4O4. The molecule has 4 aromatic rings. The molecule has 0 saturated carbocycles. The number of carbonyl (C=O) groups is 1. The Morgan fingerprint density at radius 2 is 1.97 bits per heavy atom. The first-order chi connectivity index (χ1) is 16.6. The smallest absolute Gasteiger partial charge is 0.416 e. The molecule has 1 unspecified atom stereocenters. The van der Waals surface area contributed by atoms with Gasteiger partial charge >= 0.3 is 6.18 Å². The van der Waals surface area contributed by atoms with Crippen LogP contribution < -0.4 is 10.1 Å². The summed E-state index contributed by atoms with van der Waals surface area (Å²) in [6, 6.07) is 9.18. The van der Waals surface area contributed by atoms with E-state index in [2.05, 4.69) is 15.4 Å². The maximum Gasteiger partial charge on any atom is 0.416 e. The molecule has 0 aliphatic carbocycles. The first-order valence-electron chi connectivity index (χ1n) is 10.8. The molecule has 0 aliphatic heterocycles. The molecular weight excluding hydrogens is 465 g/mol. The largest absolute Gasteiger partial charge is 0.491 e. The second-order valence-corrected chi connectivity index (χ2v) is 8.15. The molecule has 11 heteroatoms. The highest BCUT2D eigenvalue weighted by Crippen LogP contribution is 2.30. The average Bonchev–Trinajstić information content (AvgIpc) is 3.50. The van der Waals surface area contributed by atoms with Crippen molar-refractivity contribution in [2.75, 3.05) is 13.2 Å². The molecule has 2 N–H and O–H groups in total. The Labute approximate surface area is 198 Å². The van der Waals surface area contributed by atoms with Crippen molar-refractivity contribution in [2.24, 2.45) is 0 Å². The number of aliphatic hydroxyl groups excluding tert-OH is 1. The van der Waals surface area contributed by atoms with E-state index in [1.54, 1.807) is 29.1 Å². The lowest BCUT2D eigenvalue weighted by Crippen LogP contribution is -2.35. The van der Waals surface area contributed by atoms with Gasteiger partial charge in [0.05, 0.1) is 29.0 Å². The van der Waals surface area contributed by atoms with Crippen LogP contribution in [0.3, 0.4) is 0 Å². The molecule has 3 aromatic heterocycles. The van der Waals surface area contributed by atoms with Crippen molar-refractivity contribution in [3.63, 3.8) is 0 Å². The number of benzene rings is 1. The van der Waals surface area contributed by atoms with Crippen molar-refractivity contribution < 1.29 is 32.2 Å². The Hall–Kier alpha value is -3.86. The van der Waals surface area contributed by atoms with E-state index in [-0.39, 0.29) is 24.9 Å². The molecule has 3 heterocycles. The summed E-state index contributed by atoms with van der Waals surface area (Å²) in [5.41, 5.74) is 0.492. The molecule has 0 aliphatic rings. The van der Waals surface area contributed by atoms with Crippen LogP contribution >= 0.6 is 0 Å². The van der Waals surface area contributed by atoms with Crippen LogP contribution in [0.25, 0.3) is 22.5 Å². The van der Waals surface area contributed by atoms with Gasteiger partial charge in [-0.15, -0.1) is 0 Å². The van der Waals surface area contributed by atoms with Gasteiger partial charge in [-0.1, -0.05) is 0 Å². The molecule has 1 atom stereocenters. The average molecular weight is 488 g/mol. The zero-order valence-corrected chi connectivity index (χ0v) is 18.9. The number of carbonyl (C=O) groups excluding carboxylic acids is 1. The monoisotopic (exact) mass is 488 g/mol. The number of hydrogen-bond acceptors (Lipinski definition) is 6. The molecule has 0 fully saturated rings. The van der Waals surface area contributed by atoms with Crippen molar-refractivity contribution in [2.45, 2.75) is 32.2 Å². The van der Waals surface area contributed by atoms with Gasteiger partial charge < -0.3 is 19.6 Å². The third-order valence-corrected chi connectivity index (χ3v) is 5.20. The summed E-state index contributed by atoms with van der Waals surface area (Å²) in [6.07, 6.45) is -2.47. The van der Waals surface area contributed by atoms with Crippen molar-refractivity contribution in [3.05, 3.63) is 66.1 Å². The van der Waals surface area contributed by atoms with Crippen molar-refractivity contribution in [1.29, 1.82) is 0 Å². The van der Waals surface area contributed by atoms with E-state index in [1.807, 2.05) is 13.8 Å². The Kier molecular flexibility index (Phi) is 6.79. The number of aromatic nitrogens is 3. The number of amides is 1. The molecule has 0 radical (unpaired) electrons. The van der Waals surface area contributed by atoms with Crippen LogP contribution in [-0.2, 0) is 6.18 Å². The Morgan fingerprint density at radius 3 is 2.60 bits per heavy atom. The van der Waals surface area contributed by atoms with E-state index in [4.69, 9.17) is 9.15 Å². The van der Waals surface area contributed by atoms with Crippen LogP contribution in [0.5, 0.6) is 5.75 Å².